The molecule has 0 aliphatic rings. The molecule has 0 aliphatic heterocycles. The standard InChI is InChI=1S/C24H28O4/c1-3-9-19-10-5-6-11-22(19)26-14-8-15-28-24-17-21(25)20(16-18(24)4-2)23-12-7-13-27-23/h5-7,10-13,16-17,25H,3-4,8-9,14-15H2,1-2H3. The summed E-state index contributed by atoms with van der Waals surface area (Å²) in [7, 11) is 0. The van der Waals surface area contributed by atoms with Crippen molar-refractivity contribution in [3.8, 4) is 28.6 Å². The van der Waals surface area contributed by atoms with Gasteiger partial charge in [-0.05, 0) is 48.2 Å². The fourth-order valence-electron chi connectivity index (χ4n) is 3.20. The number of rotatable bonds is 10. The van der Waals surface area contributed by atoms with E-state index in [9.17, 15) is 5.11 Å². The van der Waals surface area contributed by atoms with Gasteiger partial charge in [0.15, 0.2) is 0 Å². The molecule has 0 aliphatic carbocycles. The highest BCUT2D eigenvalue weighted by molar-refractivity contribution is 5.68. The van der Waals surface area contributed by atoms with Crippen LogP contribution in [0, 0.1) is 0 Å². The van der Waals surface area contributed by atoms with E-state index in [0.717, 1.165) is 37.0 Å². The average molecular weight is 380 g/mol. The van der Waals surface area contributed by atoms with Gasteiger partial charge in [0.25, 0.3) is 0 Å². The van der Waals surface area contributed by atoms with Crippen LogP contribution in [0.15, 0.2) is 59.2 Å². The van der Waals surface area contributed by atoms with Gasteiger partial charge in [-0.1, -0.05) is 38.5 Å². The highest BCUT2D eigenvalue weighted by Gasteiger charge is 2.13. The summed E-state index contributed by atoms with van der Waals surface area (Å²) in [6.07, 6.45) is 5.30. The van der Waals surface area contributed by atoms with E-state index in [1.807, 2.05) is 36.4 Å². The number of phenols is 1. The molecule has 1 aromatic heterocycles. The van der Waals surface area contributed by atoms with E-state index in [4.69, 9.17) is 13.9 Å². The summed E-state index contributed by atoms with van der Waals surface area (Å²) in [6, 6.07) is 15.4. The number of phenolic OH excluding ortho intramolecular Hbond substituents is 1. The number of aromatic hydroxyl groups is 1. The van der Waals surface area contributed by atoms with Gasteiger partial charge < -0.3 is 19.0 Å². The molecule has 0 spiro atoms. The number of para-hydroxylation sites is 1. The van der Waals surface area contributed by atoms with Crippen molar-refractivity contribution in [1.82, 2.24) is 0 Å². The fourth-order valence-corrected chi connectivity index (χ4v) is 3.20. The Hall–Kier alpha value is -2.88. The molecule has 0 amide bonds. The molecule has 28 heavy (non-hydrogen) atoms. The normalized spacial score (nSPS) is 10.8. The van der Waals surface area contributed by atoms with Gasteiger partial charge in [0.1, 0.15) is 23.0 Å². The van der Waals surface area contributed by atoms with Crippen molar-refractivity contribution in [2.45, 2.75) is 39.5 Å². The number of aryl methyl sites for hydroxylation is 2. The van der Waals surface area contributed by atoms with E-state index in [-0.39, 0.29) is 5.75 Å². The maximum Gasteiger partial charge on any atom is 0.137 e. The summed E-state index contributed by atoms with van der Waals surface area (Å²) in [5.41, 5.74) is 2.97. The lowest BCUT2D eigenvalue weighted by Crippen LogP contribution is -2.07. The summed E-state index contributed by atoms with van der Waals surface area (Å²) in [4.78, 5) is 0. The molecule has 4 nitrogen and oxygen atoms in total. The Labute approximate surface area is 166 Å². The lowest BCUT2D eigenvalue weighted by molar-refractivity contribution is 0.244. The number of hydrogen-bond donors (Lipinski definition) is 1. The maximum atomic E-state index is 10.4. The third-order valence-electron chi connectivity index (χ3n) is 4.64. The summed E-state index contributed by atoms with van der Waals surface area (Å²) in [5, 5.41) is 10.4. The van der Waals surface area contributed by atoms with Crippen molar-refractivity contribution < 1.29 is 19.0 Å². The second kappa shape index (κ2) is 9.88. The molecular weight excluding hydrogens is 352 g/mol. The highest BCUT2D eigenvalue weighted by Crippen LogP contribution is 2.36. The molecular formula is C24H28O4. The molecule has 4 heteroatoms. The van der Waals surface area contributed by atoms with Crippen LogP contribution in [0.5, 0.6) is 17.2 Å². The van der Waals surface area contributed by atoms with E-state index in [0.29, 0.717) is 30.3 Å². The average Bonchev–Trinajstić information content (AvgIpc) is 3.24. The third-order valence-corrected chi connectivity index (χ3v) is 4.64. The monoisotopic (exact) mass is 380 g/mol. The molecule has 3 aromatic rings. The van der Waals surface area contributed by atoms with Gasteiger partial charge in [-0.25, -0.2) is 0 Å². The smallest absolute Gasteiger partial charge is 0.137 e. The molecule has 0 fully saturated rings. The molecule has 148 valence electrons. The Kier molecular flexibility index (Phi) is 7.01. The first kappa shape index (κ1) is 19.9. The predicted molar refractivity (Wildman–Crippen MR) is 111 cm³/mol. The molecule has 2 aromatic carbocycles. The van der Waals surface area contributed by atoms with Crippen LogP contribution < -0.4 is 9.47 Å². The SMILES string of the molecule is CCCc1ccccc1OCCCOc1cc(O)c(-c2ccco2)cc1CC. The molecule has 0 unspecified atom stereocenters. The summed E-state index contributed by atoms with van der Waals surface area (Å²) >= 11 is 0. The van der Waals surface area contributed by atoms with Gasteiger partial charge in [0, 0.05) is 12.5 Å². The van der Waals surface area contributed by atoms with Crippen LogP contribution >= 0.6 is 0 Å². The Morgan fingerprint density at radius 2 is 1.68 bits per heavy atom. The van der Waals surface area contributed by atoms with Crippen molar-refractivity contribution in [3.05, 3.63) is 65.9 Å². The number of hydrogen-bond acceptors (Lipinski definition) is 4. The Balaban J connectivity index is 1.56. The van der Waals surface area contributed by atoms with E-state index >= 15 is 0 Å². The molecule has 0 bridgehead atoms. The fraction of sp³-hybridized carbons (Fsp3) is 0.333. The minimum absolute atomic E-state index is 0.159. The van der Waals surface area contributed by atoms with Crippen LogP contribution in [0.4, 0.5) is 0 Å². The lowest BCUT2D eigenvalue weighted by atomic mass is 10.0. The minimum Gasteiger partial charge on any atom is -0.507 e. The van der Waals surface area contributed by atoms with Crippen molar-refractivity contribution in [2.75, 3.05) is 13.2 Å². The van der Waals surface area contributed by atoms with Crippen LogP contribution in [0.1, 0.15) is 37.8 Å². The lowest BCUT2D eigenvalue weighted by Gasteiger charge is -2.14. The first-order valence-electron chi connectivity index (χ1n) is 9.96. The summed E-state index contributed by atoms with van der Waals surface area (Å²) < 4.78 is 17.3. The van der Waals surface area contributed by atoms with Gasteiger partial charge in [0.2, 0.25) is 0 Å². The third kappa shape index (κ3) is 4.89. The van der Waals surface area contributed by atoms with E-state index in [2.05, 4.69) is 19.9 Å². The number of ether oxygens (including phenoxy) is 2. The zero-order valence-electron chi connectivity index (χ0n) is 16.6. The van der Waals surface area contributed by atoms with Gasteiger partial charge in [0.05, 0.1) is 25.0 Å². The minimum atomic E-state index is 0.159. The quantitative estimate of drug-likeness (QED) is 0.437. The zero-order chi connectivity index (χ0) is 19.8. The number of furan rings is 1. The van der Waals surface area contributed by atoms with E-state index in [1.54, 1.807) is 12.3 Å². The Morgan fingerprint density at radius 1 is 0.893 bits per heavy atom. The maximum absolute atomic E-state index is 10.4. The van der Waals surface area contributed by atoms with Crippen LogP contribution in [0.25, 0.3) is 11.3 Å². The molecule has 3 rings (SSSR count). The van der Waals surface area contributed by atoms with Gasteiger partial charge in [-0.2, -0.15) is 0 Å². The largest absolute Gasteiger partial charge is 0.507 e. The second-order valence-corrected chi connectivity index (χ2v) is 6.72. The first-order valence-corrected chi connectivity index (χ1v) is 9.96. The first-order chi connectivity index (χ1) is 13.7. The molecule has 0 atom stereocenters. The number of benzene rings is 2. The van der Waals surface area contributed by atoms with E-state index < -0.39 is 0 Å². The van der Waals surface area contributed by atoms with Crippen LogP contribution in [-0.2, 0) is 12.8 Å². The molecule has 1 N–H and O–H groups in total. The van der Waals surface area contributed by atoms with Crippen molar-refractivity contribution >= 4 is 0 Å². The highest BCUT2D eigenvalue weighted by atomic mass is 16.5. The van der Waals surface area contributed by atoms with Crippen molar-refractivity contribution in [3.63, 3.8) is 0 Å². The van der Waals surface area contributed by atoms with Crippen LogP contribution in [0.2, 0.25) is 0 Å². The van der Waals surface area contributed by atoms with Crippen LogP contribution in [-0.4, -0.2) is 18.3 Å². The molecule has 0 saturated carbocycles. The second-order valence-electron chi connectivity index (χ2n) is 6.72. The van der Waals surface area contributed by atoms with E-state index in [1.165, 1.54) is 5.56 Å². The summed E-state index contributed by atoms with van der Waals surface area (Å²) in [5.74, 6) is 2.48. The van der Waals surface area contributed by atoms with Gasteiger partial charge in [-0.15, -0.1) is 0 Å². The summed E-state index contributed by atoms with van der Waals surface area (Å²) in [6.45, 7) is 5.36. The van der Waals surface area contributed by atoms with Gasteiger partial charge >= 0.3 is 0 Å². The van der Waals surface area contributed by atoms with Crippen molar-refractivity contribution in [1.29, 1.82) is 0 Å². The Morgan fingerprint density at radius 3 is 2.39 bits per heavy atom. The Bertz CT molecular complexity index is 868. The predicted octanol–water partition coefficient (Wildman–Crippen LogP) is 6.02. The zero-order valence-corrected chi connectivity index (χ0v) is 16.6. The molecule has 1 heterocycles. The topological polar surface area (TPSA) is 51.8 Å². The molecule has 0 radical (unpaired) electrons. The van der Waals surface area contributed by atoms with Gasteiger partial charge in [-0.3, -0.25) is 0 Å². The van der Waals surface area contributed by atoms with Crippen molar-refractivity contribution in [2.24, 2.45) is 0 Å². The van der Waals surface area contributed by atoms with Crippen LogP contribution in [0.3, 0.4) is 0 Å². The molecule has 0 saturated heterocycles.